The summed E-state index contributed by atoms with van der Waals surface area (Å²) in [4.78, 5) is 21.7. The molecule has 0 atom stereocenters. The Balaban J connectivity index is 2.04. The zero-order valence-electron chi connectivity index (χ0n) is 11.2. The lowest BCUT2D eigenvalue weighted by atomic mass is 10.3. The van der Waals surface area contributed by atoms with Gasteiger partial charge in [-0.05, 0) is 12.1 Å². The van der Waals surface area contributed by atoms with Gasteiger partial charge in [-0.15, -0.1) is 0 Å². The van der Waals surface area contributed by atoms with Crippen LogP contribution in [0.5, 0.6) is 5.75 Å². The molecule has 0 spiro atoms. The van der Waals surface area contributed by atoms with E-state index in [4.69, 9.17) is 9.84 Å². The molecule has 0 heterocycles. The number of ether oxygens (including phenoxy) is 1. The molecular formula is C13H16FNO4S2. The first-order valence-electron chi connectivity index (χ1n) is 6.20. The molecule has 0 aliphatic rings. The van der Waals surface area contributed by atoms with Gasteiger partial charge >= 0.3 is 5.97 Å². The van der Waals surface area contributed by atoms with Gasteiger partial charge < -0.3 is 15.2 Å². The fourth-order valence-electron chi connectivity index (χ4n) is 1.24. The predicted molar refractivity (Wildman–Crippen MR) is 82.1 cm³/mol. The predicted octanol–water partition coefficient (Wildman–Crippen LogP) is 2.18. The molecule has 8 heteroatoms. The van der Waals surface area contributed by atoms with E-state index in [9.17, 15) is 14.0 Å². The summed E-state index contributed by atoms with van der Waals surface area (Å²) in [6.45, 7) is 0.210. The first-order chi connectivity index (χ1) is 10.1. The van der Waals surface area contributed by atoms with Crippen molar-refractivity contribution in [1.82, 2.24) is 5.32 Å². The van der Waals surface area contributed by atoms with E-state index in [1.165, 1.54) is 33.7 Å². The van der Waals surface area contributed by atoms with Crippen molar-refractivity contribution >= 4 is 33.5 Å². The molecule has 2 N–H and O–H groups in total. The van der Waals surface area contributed by atoms with Crippen LogP contribution in [0.15, 0.2) is 24.3 Å². The van der Waals surface area contributed by atoms with E-state index >= 15 is 0 Å². The number of aliphatic carboxylic acids is 1. The van der Waals surface area contributed by atoms with E-state index in [1.807, 2.05) is 0 Å². The number of carbonyl (C=O) groups excluding carboxylic acids is 1. The highest BCUT2D eigenvalue weighted by Gasteiger charge is 2.05. The summed E-state index contributed by atoms with van der Waals surface area (Å²) in [5, 5.41) is 11.1. The Morgan fingerprint density at radius 1 is 1.24 bits per heavy atom. The third-order valence-electron chi connectivity index (χ3n) is 2.19. The monoisotopic (exact) mass is 333 g/mol. The zero-order valence-corrected chi connectivity index (χ0v) is 12.8. The summed E-state index contributed by atoms with van der Waals surface area (Å²) >= 11 is 0. The maximum atomic E-state index is 13.2. The molecular weight excluding hydrogens is 317 g/mol. The van der Waals surface area contributed by atoms with E-state index < -0.39 is 11.8 Å². The van der Waals surface area contributed by atoms with E-state index in [0.29, 0.717) is 18.1 Å². The fourth-order valence-corrected chi connectivity index (χ4v) is 3.12. The number of benzene rings is 1. The number of halogens is 1. The Morgan fingerprint density at radius 3 is 2.67 bits per heavy atom. The third kappa shape index (κ3) is 8.46. The smallest absolute Gasteiger partial charge is 0.304 e. The molecule has 0 saturated heterocycles. The van der Waals surface area contributed by atoms with Crippen LogP contribution in [-0.2, 0) is 9.59 Å². The van der Waals surface area contributed by atoms with Crippen molar-refractivity contribution in [3.8, 4) is 5.75 Å². The van der Waals surface area contributed by atoms with Crippen LogP contribution in [-0.4, -0.2) is 41.6 Å². The number of carboxylic acid groups (broad SMARTS) is 1. The molecule has 0 radical (unpaired) electrons. The van der Waals surface area contributed by atoms with E-state index in [1.54, 1.807) is 12.1 Å². The zero-order chi connectivity index (χ0) is 15.5. The minimum atomic E-state index is -0.818. The number of rotatable bonds is 10. The minimum absolute atomic E-state index is 0.0475. The van der Waals surface area contributed by atoms with Crippen molar-refractivity contribution in [3.63, 3.8) is 0 Å². The third-order valence-corrected chi connectivity index (χ3v) is 4.59. The van der Waals surface area contributed by atoms with Crippen LogP contribution in [0.3, 0.4) is 0 Å². The Hall–Kier alpha value is -1.41. The van der Waals surface area contributed by atoms with Gasteiger partial charge in [0.25, 0.3) is 5.91 Å². The van der Waals surface area contributed by atoms with Gasteiger partial charge in [0.2, 0.25) is 0 Å². The topological polar surface area (TPSA) is 75.6 Å². The Kier molecular flexibility index (Phi) is 8.68. The first kappa shape index (κ1) is 17.6. The number of carbonyl (C=O) groups is 2. The normalized spacial score (nSPS) is 10.1. The van der Waals surface area contributed by atoms with Gasteiger partial charge in [-0.2, -0.15) is 0 Å². The molecule has 21 heavy (non-hydrogen) atoms. The average Bonchev–Trinajstić information content (AvgIpc) is 2.45. The summed E-state index contributed by atoms with van der Waals surface area (Å²) in [5.74, 6) is -0.405. The average molecular weight is 333 g/mol. The van der Waals surface area contributed by atoms with Gasteiger partial charge in [0, 0.05) is 18.1 Å². The lowest BCUT2D eigenvalue weighted by Crippen LogP contribution is -2.30. The Bertz CT molecular complexity index is 473. The standard InChI is InChI=1S/C13H16FNO4S2/c14-10-3-1-2-4-11(10)19-9-12(16)15-6-8-21-20-7-5-13(17)18/h1-4H,5-9H2,(H,15,16)(H,17,18). The highest BCUT2D eigenvalue weighted by molar-refractivity contribution is 8.76. The fraction of sp³-hybridized carbons (Fsp3) is 0.385. The van der Waals surface area contributed by atoms with Gasteiger partial charge in [-0.3, -0.25) is 9.59 Å². The molecule has 5 nitrogen and oxygen atoms in total. The maximum Gasteiger partial charge on any atom is 0.304 e. The quantitative estimate of drug-likeness (QED) is 0.505. The molecule has 1 amide bonds. The Morgan fingerprint density at radius 2 is 1.95 bits per heavy atom. The Labute approximate surface area is 130 Å². The van der Waals surface area contributed by atoms with Crippen LogP contribution in [0.25, 0.3) is 0 Å². The van der Waals surface area contributed by atoms with Crippen molar-refractivity contribution in [3.05, 3.63) is 30.1 Å². The summed E-state index contributed by atoms with van der Waals surface area (Å²) in [5.41, 5.74) is 0. The highest BCUT2D eigenvalue weighted by Crippen LogP contribution is 2.20. The summed E-state index contributed by atoms with van der Waals surface area (Å²) in [6.07, 6.45) is 0.126. The van der Waals surface area contributed by atoms with Crippen molar-refractivity contribution in [2.75, 3.05) is 24.7 Å². The van der Waals surface area contributed by atoms with Crippen LogP contribution in [0, 0.1) is 5.82 Å². The lowest BCUT2D eigenvalue weighted by Gasteiger charge is -2.07. The van der Waals surface area contributed by atoms with Crippen LogP contribution < -0.4 is 10.1 Å². The molecule has 1 aromatic carbocycles. The van der Waals surface area contributed by atoms with Crippen molar-refractivity contribution in [2.24, 2.45) is 0 Å². The number of nitrogens with one attached hydrogen (secondary N) is 1. The SMILES string of the molecule is O=C(O)CCSSCCNC(=O)COc1ccccc1F. The molecule has 0 saturated carbocycles. The molecule has 0 unspecified atom stereocenters. The second kappa shape index (κ2) is 10.3. The van der Waals surface area contributed by atoms with Crippen molar-refractivity contribution < 1.29 is 23.8 Å². The number of amides is 1. The van der Waals surface area contributed by atoms with Gasteiger partial charge in [-0.1, -0.05) is 33.7 Å². The largest absolute Gasteiger partial charge is 0.481 e. The lowest BCUT2D eigenvalue weighted by molar-refractivity contribution is -0.136. The molecule has 0 aliphatic heterocycles. The second-order valence-corrected chi connectivity index (χ2v) is 6.56. The molecule has 1 aromatic rings. The van der Waals surface area contributed by atoms with Gasteiger partial charge in [0.15, 0.2) is 18.2 Å². The summed E-state index contributed by atoms with van der Waals surface area (Å²) < 4.78 is 18.3. The van der Waals surface area contributed by atoms with Crippen LogP contribution in [0.2, 0.25) is 0 Å². The molecule has 0 aliphatic carbocycles. The molecule has 0 aromatic heterocycles. The van der Waals surface area contributed by atoms with Crippen LogP contribution in [0.4, 0.5) is 4.39 Å². The number of carboxylic acids is 1. The van der Waals surface area contributed by atoms with E-state index in [2.05, 4.69) is 5.32 Å². The summed E-state index contributed by atoms with van der Waals surface area (Å²) in [6, 6.07) is 5.89. The van der Waals surface area contributed by atoms with Crippen LogP contribution in [0.1, 0.15) is 6.42 Å². The molecule has 0 bridgehead atoms. The van der Waals surface area contributed by atoms with Crippen molar-refractivity contribution in [1.29, 1.82) is 0 Å². The van der Waals surface area contributed by atoms with E-state index in [-0.39, 0.29) is 24.7 Å². The molecule has 1 rings (SSSR count). The van der Waals surface area contributed by atoms with Gasteiger partial charge in [0.1, 0.15) is 0 Å². The first-order valence-corrected chi connectivity index (χ1v) is 8.68. The molecule has 0 fully saturated rings. The molecule has 116 valence electrons. The summed E-state index contributed by atoms with van der Waals surface area (Å²) in [7, 11) is 2.94. The minimum Gasteiger partial charge on any atom is -0.481 e. The van der Waals surface area contributed by atoms with E-state index in [0.717, 1.165) is 0 Å². The van der Waals surface area contributed by atoms with Gasteiger partial charge in [-0.25, -0.2) is 4.39 Å². The number of para-hydroxylation sites is 1. The maximum absolute atomic E-state index is 13.2. The van der Waals surface area contributed by atoms with Gasteiger partial charge in [0.05, 0.1) is 6.42 Å². The van der Waals surface area contributed by atoms with Crippen molar-refractivity contribution in [2.45, 2.75) is 6.42 Å². The number of hydrogen-bond acceptors (Lipinski definition) is 5. The van der Waals surface area contributed by atoms with Crippen LogP contribution >= 0.6 is 21.6 Å². The highest BCUT2D eigenvalue weighted by atomic mass is 33.1. The second-order valence-electron chi connectivity index (χ2n) is 3.86. The number of hydrogen-bond donors (Lipinski definition) is 2.